The molecule has 1 aliphatic heterocycles. The van der Waals surface area contributed by atoms with Crippen LogP contribution in [0, 0.1) is 0 Å². The van der Waals surface area contributed by atoms with Gasteiger partial charge in [-0.25, -0.2) is 9.78 Å². The van der Waals surface area contributed by atoms with Gasteiger partial charge in [0.05, 0.1) is 12.3 Å². The van der Waals surface area contributed by atoms with Gasteiger partial charge in [-0.3, -0.25) is 4.90 Å². The summed E-state index contributed by atoms with van der Waals surface area (Å²) in [5, 5.41) is 0. The Morgan fingerprint density at radius 1 is 1.53 bits per heavy atom. The van der Waals surface area contributed by atoms with Crippen molar-refractivity contribution in [1.29, 1.82) is 0 Å². The maximum atomic E-state index is 11.4. The highest BCUT2D eigenvalue weighted by atomic mass is 16.6. The molecule has 2 rings (SSSR count). The summed E-state index contributed by atoms with van der Waals surface area (Å²) in [6, 6.07) is 5.46. The molecule has 1 aromatic heterocycles. The van der Waals surface area contributed by atoms with Crippen LogP contribution >= 0.6 is 0 Å². The lowest BCUT2D eigenvalue weighted by Gasteiger charge is -2.25. The van der Waals surface area contributed by atoms with Crippen LogP contribution in [0.5, 0.6) is 0 Å². The minimum atomic E-state index is -0.331. The van der Waals surface area contributed by atoms with Gasteiger partial charge in [0, 0.05) is 13.1 Å². The Morgan fingerprint density at radius 3 is 3.13 bits per heavy atom. The maximum Gasteiger partial charge on any atom is 0.415 e. The Kier molecular flexibility index (Phi) is 2.82. The monoisotopic (exact) mass is 207 g/mol. The molecular formula is C10H13N3O2. The third-order valence-electron chi connectivity index (χ3n) is 2.25. The standard InChI is InChI=1S/C10H13N3O2/c11-7-8-3-1-4-9(12-8)13-5-2-6-15-10(13)14/h1,3-4H,2,5-7,11H2. The number of hydrogen-bond donors (Lipinski definition) is 1. The lowest BCUT2D eigenvalue weighted by Crippen LogP contribution is -2.38. The van der Waals surface area contributed by atoms with Gasteiger partial charge in [0.15, 0.2) is 0 Å². The molecule has 1 aliphatic rings. The second-order valence-electron chi connectivity index (χ2n) is 3.31. The third kappa shape index (κ3) is 2.07. The number of carbonyl (C=O) groups is 1. The smallest absolute Gasteiger partial charge is 0.415 e. The lowest BCUT2D eigenvalue weighted by molar-refractivity contribution is 0.140. The van der Waals surface area contributed by atoms with Gasteiger partial charge < -0.3 is 10.5 Å². The Labute approximate surface area is 87.8 Å². The molecule has 1 saturated heterocycles. The number of nitrogens with zero attached hydrogens (tertiary/aromatic N) is 2. The van der Waals surface area contributed by atoms with Crippen LogP contribution in [-0.2, 0) is 11.3 Å². The Bertz CT molecular complexity index is 367. The van der Waals surface area contributed by atoms with Crippen LogP contribution in [0.25, 0.3) is 0 Å². The predicted octanol–water partition coefficient (Wildman–Crippen LogP) is 0.887. The van der Waals surface area contributed by atoms with Gasteiger partial charge in [0.1, 0.15) is 5.82 Å². The second kappa shape index (κ2) is 4.27. The van der Waals surface area contributed by atoms with Crippen LogP contribution in [0.1, 0.15) is 12.1 Å². The second-order valence-corrected chi connectivity index (χ2v) is 3.31. The average molecular weight is 207 g/mol. The highest BCUT2D eigenvalue weighted by Gasteiger charge is 2.22. The first-order valence-electron chi connectivity index (χ1n) is 4.91. The summed E-state index contributed by atoms with van der Waals surface area (Å²) in [6.07, 6.45) is 0.503. The summed E-state index contributed by atoms with van der Waals surface area (Å²) >= 11 is 0. The molecule has 0 radical (unpaired) electrons. The molecule has 0 aromatic carbocycles. The summed E-state index contributed by atoms with van der Waals surface area (Å²) in [7, 11) is 0. The van der Waals surface area contributed by atoms with Crippen LogP contribution < -0.4 is 10.6 Å². The van der Waals surface area contributed by atoms with Gasteiger partial charge >= 0.3 is 6.09 Å². The Morgan fingerprint density at radius 2 is 2.40 bits per heavy atom. The molecular weight excluding hydrogens is 194 g/mol. The Hall–Kier alpha value is -1.62. The molecule has 5 nitrogen and oxygen atoms in total. The molecule has 0 atom stereocenters. The number of aromatic nitrogens is 1. The van der Waals surface area contributed by atoms with E-state index in [0.29, 0.717) is 25.5 Å². The number of cyclic esters (lactones) is 1. The summed E-state index contributed by atoms with van der Waals surface area (Å²) < 4.78 is 4.93. The van der Waals surface area contributed by atoms with E-state index >= 15 is 0 Å². The number of nitrogens with two attached hydrogens (primary N) is 1. The van der Waals surface area contributed by atoms with Crippen molar-refractivity contribution in [3.05, 3.63) is 23.9 Å². The zero-order chi connectivity index (χ0) is 10.7. The topological polar surface area (TPSA) is 68.4 Å². The van der Waals surface area contributed by atoms with Crippen molar-refractivity contribution >= 4 is 11.9 Å². The maximum absolute atomic E-state index is 11.4. The summed E-state index contributed by atoms with van der Waals surface area (Å²) in [6.45, 7) is 1.52. The van der Waals surface area contributed by atoms with Crippen molar-refractivity contribution in [1.82, 2.24) is 4.98 Å². The molecule has 1 aromatic rings. The van der Waals surface area contributed by atoms with E-state index < -0.39 is 0 Å². The number of ether oxygens (including phenoxy) is 1. The molecule has 15 heavy (non-hydrogen) atoms. The van der Waals surface area contributed by atoms with Crippen LogP contribution in [0.15, 0.2) is 18.2 Å². The van der Waals surface area contributed by atoms with Gasteiger partial charge in [-0.2, -0.15) is 0 Å². The highest BCUT2D eigenvalue weighted by molar-refractivity contribution is 5.86. The van der Waals surface area contributed by atoms with Gasteiger partial charge in [-0.15, -0.1) is 0 Å². The van der Waals surface area contributed by atoms with Crippen molar-refractivity contribution in [3.63, 3.8) is 0 Å². The SMILES string of the molecule is NCc1cccc(N2CCCOC2=O)n1. The quantitative estimate of drug-likeness (QED) is 0.781. The first-order valence-corrected chi connectivity index (χ1v) is 4.91. The normalized spacial score (nSPS) is 16.3. The van der Waals surface area contributed by atoms with Crippen LogP contribution in [-0.4, -0.2) is 24.2 Å². The minimum Gasteiger partial charge on any atom is -0.449 e. The van der Waals surface area contributed by atoms with Gasteiger partial charge in [-0.05, 0) is 18.6 Å². The fraction of sp³-hybridized carbons (Fsp3) is 0.400. The van der Waals surface area contributed by atoms with Crippen molar-refractivity contribution in [2.45, 2.75) is 13.0 Å². The van der Waals surface area contributed by atoms with Crippen LogP contribution in [0.4, 0.5) is 10.6 Å². The fourth-order valence-corrected chi connectivity index (χ4v) is 1.49. The molecule has 2 heterocycles. The molecule has 0 aliphatic carbocycles. The van der Waals surface area contributed by atoms with E-state index in [0.717, 1.165) is 12.1 Å². The van der Waals surface area contributed by atoms with Crippen molar-refractivity contribution in [2.75, 3.05) is 18.1 Å². The number of anilines is 1. The number of amides is 1. The summed E-state index contributed by atoms with van der Waals surface area (Å²) in [4.78, 5) is 17.2. The average Bonchev–Trinajstić information content (AvgIpc) is 2.30. The van der Waals surface area contributed by atoms with E-state index in [2.05, 4.69) is 4.98 Å². The fourth-order valence-electron chi connectivity index (χ4n) is 1.49. The highest BCUT2D eigenvalue weighted by Crippen LogP contribution is 2.16. The van der Waals surface area contributed by atoms with E-state index in [-0.39, 0.29) is 6.09 Å². The third-order valence-corrected chi connectivity index (χ3v) is 2.25. The van der Waals surface area contributed by atoms with E-state index in [1.807, 2.05) is 12.1 Å². The van der Waals surface area contributed by atoms with Gasteiger partial charge in [0.25, 0.3) is 0 Å². The predicted molar refractivity (Wildman–Crippen MR) is 55.4 cm³/mol. The molecule has 0 unspecified atom stereocenters. The lowest BCUT2D eigenvalue weighted by atomic mass is 10.3. The summed E-state index contributed by atoms with van der Waals surface area (Å²) in [5.74, 6) is 0.614. The van der Waals surface area contributed by atoms with Crippen molar-refractivity contribution < 1.29 is 9.53 Å². The zero-order valence-corrected chi connectivity index (χ0v) is 8.35. The van der Waals surface area contributed by atoms with Crippen LogP contribution in [0.3, 0.4) is 0 Å². The van der Waals surface area contributed by atoms with Crippen molar-refractivity contribution in [2.24, 2.45) is 5.73 Å². The number of rotatable bonds is 2. The minimum absolute atomic E-state index is 0.331. The van der Waals surface area contributed by atoms with E-state index in [9.17, 15) is 4.79 Å². The first-order chi connectivity index (χ1) is 7.31. The van der Waals surface area contributed by atoms with Crippen LogP contribution in [0.2, 0.25) is 0 Å². The van der Waals surface area contributed by atoms with Gasteiger partial charge in [0.2, 0.25) is 0 Å². The summed E-state index contributed by atoms with van der Waals surface area (Å²) in [5.41, 5.74) is 6.26. The molecule has 0 spiro atoms. The molecule has 80 valence electrons. The molecule has 1 fully saturated rings. The first kappa shape index (κ1) is 9.92. The molecule has 1 amide bonds. The molecule has 2 N–H and O–H groups in total. The number of carbonyl (C=O) groups excluding carboxylic acids is 1. The van der Waals surface area contributed by atoms with Crippen molar-refractivity contribution in [3.8, 4) is 0 Å². The molecule has 5 heteroatoms. The van der Waals surface area contributed by atoms with E-state index in [1.54, 1.807) is 6.07 Å². The molecule has 0 saturated carbocycles. The van der Waals surface area contributed by atoms with Gasteiger partial charge in [-0.1, -0.05) is 6.07 Å². The Balaban J connectivity index is 2.23. The number of pyridine rings is 1. The number of hydrogen-bond acceptors (Lipinski definition) is 4. The largest absolute Gasteiger partial charge is 0.449 e. The molecule has 0 bridgehead atoms. The van der Waals surface area contributed by atoms with E-state index in [1.165, 1.54) is 4.90 Å². The van der Waals surface area contributed by atoms with E-state index in [4.69, 9.17) is 10.5 Å². The zero-order valence-electron chi connectivity index (χ0n) is 8.35.